The molecular formula is C19H22N2O5S. The van der Waals surface area contributed by atoms with E-state index in [1.165, 1.54) is 11.4 Å². The highest BCUT2D eigenvalue weighted by atomic mass is 32.2. The third-order valence-electron chi connectivity index (χ3n) is 4.19. The molecular weight excluding hydrogens is 368 g/mol. The van der Waals surface area contributed by atoms with E-state index in [1.54, 1.807) is 18.2 Å². The number of hydrogen-bond donors (Lipinski definition) is 1. The summed E-state index contributed by atoms with van der Waals surface area (Å²) in [5.41, 5.74) is 0.950. The van der Waals surface area contributed by atoms with Gasteiger partial charge in [-0.25, -0.2) is 8.42 Å². The van der Waals surface area contributed by atoms with E-state index < -0.39 is 10.0 Å². The van der Waals surface area contributed by atoms with Gasteiger partial charge < -0.3 is 14.8 Å². The number of nitrogens with zero attached hydrogens (tertiary/aromatic N) is 1. The number of ether oxygens (including phenoxy) is 2. The van der Waals surface area contributed by atoms with Crippen molar-refractivity contribution in [2.24, 2.45) is 0 Å². The molecule has 0 aromatic heterocycles. The fraction of sp³-hybridized carbons (Fsp3) is 0.316. The number of carbonyl (C=O) groups excluding carboxylic acids is 1. The summed E-state index contributed by atoms with van der Waals surface area (Å²) < 4.78 is 36.4. The Hall–Kier alpha value is -2.74. The van der Waals surface area contributed by atoms with Crippen LogP contribution in [0.15, 0.2) is 48.5 Å². The Kier molecular flexibility index (Phi) is 5.85. The third kappa shape index (κ3) is 4.71. The van der Waals surface area contributed by atoms with E-state index in [0.29, 0.717) is 35.8 Å². The number of methoxy groups -OCH3 is 1. The number of nitrogens with one attached hydrogen (secondary N) is 1. The minimum absolute atomic E-state index is 0.136. The first-order valence-corrected chi connectivity index (χ1v) is 10.3. The zero-order valence-electron chi connectivity index (χ0n) is 15.1. The molecule has 144 valence electrons. The van der Waals surface area contributed by atoms with E-state index in [1.807, 2.05) is 30.3 Å². The van der Waals surface area contributed by atoms with Crippen LogP contribution in [0.2, 0.25) is 0 Å². The molecule has 1 amide bonds. The maximum absolute atomic E-state index is 12.3. The van der Waals surface area contributed by atoms with Crippen molar-refractivity contribution in [3.63, 3.8) is 0 Å². The monoisotopic (exact) mass is 390 g/mol. The lowest BCUT2D eigenvalue weighted by Crippen LogP contribution is -2.25. The molecule has 1 fully saturated rings. The molecule has 1 aliphatic heterocycles. The Bertz CT molecular complexity index is 900. The van der Waals surface area contributed by atoms with E-state index in [-0.39, 0.29) is 24.7 Å². The fourth-order valence-corrected chi connectivity index (χ4v) is 4.43. The van der Waals surface area contributed by atoms with Crippen molar-refractivity contribution in [1.29, 1.82) is 0 Å². The van der Waals surface area contributed by atoms with Gasteiger partial charge in [-0.2, -0.15) is 0 Å². The zero-order chi connectivity index (χ0) is 19.3. The summed E-state index contributed by atoms with van der Waals surface area (Å²) in [7, 11) is -1.79. The van der Waals surface area contributed by atoms with Gasteiger partial charge in [0.25, 0.3) is 0 Å². The highest BCUT2D eigenvalue weighted by Crippen LogP contribution is 2.32. The van der Waals surface area contributed by atoms with Crippen LogP contribution in [0.4, 0.5) is 11.4 Å². The molecule has 1 heterocycles. The second-order valence-corrected chi connectivity index (χ2v) is 8.10. The van der Waals surface area contributed by atoms with Crippen molar-refractivity contribution in [1.82, 2.24) is 0 Å². The van der Waals surface area contributed by atoms with Crippen LogP contribution in [0.25, 0.3) is 0 Å². The largest absolute Gasteiger partial charge is 0.495 e. The van der Waals surface area contributed by atoms with Gasteiger partial charge in [0.05, 0.1) is 37.3 Å². The molecule has 8 heteroatoms. The van der Waals surface area contributed by atoms with Gasteiger partial charge in [0.15, 0.2) is 0 Å². The summed E-state index contributed by atoms with van der Waals surface area (Å²) in [6, 6.07) is 14.2. The lowest BCUT2D eigenvalue weighted by molar-refractivity contribution is -0.116. The lowest BCUT2D eigenvalue weighted by Gasteiger charge is -2.19. The van der Waals surface area contributed by atoms with E-state index in [4.69, 9.17) is 9.47 Å². The van der Waals surface area contributed by atoms with Crippen LogP contribution in [0, 0.1) is 0 Å². The Balaban J connectivity index is 1.66. The van der Waals surface area contributed by atoms with Gasteiger partial charge in [0.1, 0.15) is 11.5 Å². The van der Waals surface area contributed by atoms with Gasteiger partial charge in [0, 0.05) is 6.54 Å². The molecule has 0 radical (unpaired) electrons. The number of para-hydroxylation sites is 1. The Morgan fingerprint density at radius 3 is 2.63 bits per heavy atom. The van der Waals surface area contributed by atoms with Crippen molar-refractivity contribution in [3.8, 4) is 11.5 Å². The average Bonchev–Trinajstić information content (AvgIpc) is 3.01. The summed E-state index contributed by atoms with van der Waals surface area (Å²) in [4.78, 5) is 12.3. The molecule has 0 atom stereocenters. The molecule has 0 bridgehead atoms. The van der Waals surface area contributed by atoms with Crippen molar-refractivity contribution in [2.75, 3.05) is 35.6 Å². The van der Waals surface area contributed by atoms with Gasteiger partial charge in [-0.05, 0) is 36.8 Å². The smallest absolute Gasteiger partial charge is 0.235 e. The Labute approximate surface area is 158 Å². The van der Waals surface area contributed by atoms with Crippen LogP contribution < -0.4 is 19.1 Å². The van der Waals surface area contributed by atoms with Crippen molar-refractivity contribution < 1.29 is 22.7 Å². The Morgan fingerprint density at radius 1 is 1.19 bits per heavy atom. The van der Waals surface area contributed by atoms with Gasteiger partial charge in [-0.15, -0.1) is 0 Å². The molecule has 1 aliphatic rings. The standard InChI is InChI=1S/C19H22N2O5S/c1-25-18-9-8-15(21-11-5-13-27(21,23)24)14-17(18)20-19(22)10-12-26-16-6-3-2-4-7-16/h2-4,6-9,14H,5,10-13H2,1H3,(H,20,22). The first kappa shape index (κ1) is 19.0. The number of hydrogen-bond acceptors (Lipinski definition) is 5. The minimum atomic E-state index is -3.29. The first-order valence-electron chi connectivity index (χ1n) is 8.66. The SMILES string of the molecule is COc1ccc(N2CCCS2(=O)=O)cc1NC(=O)CCOc1ccccc1. The predicted octanol–water partition coefficient (Wildman–Crippen LogP) is 2.64. The summed E-state index contributed by atoms with van der Waals surface area (Å²) >= 11 is 0. The molecule has 2 aromatic carbocycles. The number of anilines is 2. The molecule has 27 heavy (non-hydrogen) atoms. The number of rotatable bonds is 7. The van der Waals surface area contributed by atoms with Gasteiger partial charge >= 0.3 is 0 Å². The topological polar surface area (TPSA) is 84.9 Å². The maximum atomic E-state index is 12.3. The van der Waals surface area contributed by atoms with Crippen LogP contribution in [0.3, 0.4) is 0 Å². The van der Waals surface area contributed by atoms with Crippen LogP contribution in [0.1, 0.15) is 12.8 Å². The quantitative estimate of drug-likeness (QED) is 0.786. The summed E-state index contributed by atoms with van der Waals surface area (Å²) in [6.07, 6.45) is 0.747. The van der Waals surface area contributed by atoms with Crippen LogP contribution >= 0.6 is 0 Å². The highest BCUT2D eigenvalue weighted by Gasteiger charge is 2.29. The highest BCUT2D eigenvalue weighted by molar-refractivity contribution is 7.93. The molecule has 1 saturated heterocycles. The van der Waals surface area contributed by atoms with Crippen molar-refractivity contribution >= 4 is 27.3 Å². The van der Waals surface area contributed by atoms with E-state index in [2.05, 4.69) is 5.32 Å². The fourth-order valence-electron chi connectivity index (χ4n) is 2.87. The second kappa shape index (κ2) is 8.30. The van der Waals surface area contributed by atoms with E-state index in [9.17, 15) is 13.2 Å². The van der Waals surface area contributed by atoms with E-state index in [0.717, 1.165) is 0 Å². The molecule has 1 N–H and O–H groups in total. The van der Waals surface area contributed by atoms with Crippen LogP contribution in [-0.4, -0.2) is 40.3 Å². The molecule has 3 rings (SSSR count). The number of benzene rings is 2. The number of amides is 1. The molecule has 0 aliphatic carbocycles. The summed E-state index contributed by atoms with van der Waals surface area (Å²) in [5.74, 6) is 1.06. The molecule has 0 unspecified atom stereocenters. The number of carbonyl (C=O) groups is 1. The second-order valence-electron chi connectivity index (χ2n) is 6.09. The zero-order valence-corrected chi connectivity index (χ0v) is 15.9. The Morgan fingerprint density at radius 2 is 1.96 bits per heavy atom. The lowest BCUT2D eigenvalue weighted by atomic mass is 10.2. The number of sulfonamides is 1. The average molecular weight is 390 g/mol. The minimum Gasteiger partial charge on any atom is -0.495 e. The van der Waals surface area contributed by atoms with Crippen molar-refractivity contribution in [2.45, 2.75) is 12.8 Å². The molecule has 2 aromatic rings. The van der Waals surface area contributed by atoms with Crippen molar-refractivity contribution in [3.05, 3.63) is 48.5 Å². The van der Waals surface area contributed by atoms with Crippen LogP contribution in [0.5, 0.6) is 11.5 Å². The van der Waals surface area contributed by atoms with Gasteiger partial charge in [0.2, 0.25) is 15.9 Å². The van der Waals surface area contributed by atoms with Gasteiger partial charge in [-0.3, -0.25) is 9.10 Å². The van der Waals surface area contributed by atoms with Gasteiger partial charge in [-0.1, -0.05) is 18.2 Å². The summed E-state index contributed by atoms with van der Waals surface area (Å²) in [6.45, 7) is 0.672. The summed E-state index contributed by atoms with van der Waals surface area (Å²) in [5, 5.41) is 2.77. The van der Waals surface area contributed by atoms with E-state index >= 15 is 0 Å². The molecule has 0 saturated carbocycles. The van der Waals surface area contributed by atoms with Crippen LogP contribution in [-0.2, 0) is 14.8 Å². The first-order chi connectivity index (χ1) is 13.0. The predicted molar refractivity (Wildman–Crippen MR) is 104 cm³/mol. The third-order valence-corrected chi connectivity index (χ3v) is 6.06. The molecule has 0 spiro atoms. The molecule has 7 nitrogen and oxygen atoms in total. The normalized spacial score (nSPS) is 15.4. The maximum Gasteiger partial charge on any atom is 0.235 e.